The van der Waals surface area contributed by atoms with Gasteiger partial charge in [0.15, 0.2) is 0 Å². The molecule has 2 N–H and O–H groups in total. The van der Waals surface area contributed by atoms with Crippen molar-refractivity contribution in [2.24, 2.45) is 17.8 Å². The van der Waals surface area contributed by atoms with E-state index < -0.39 is 0 Å². The van der Waals surface area contributed by atoms with Crippen molar-refractivity contribution in [1.82, 2.24) is 10.2 Å². The van der Waals surface area contributed by atoms with Crippen LogP contribution in [0.4, 0.5) is 5.69 Å². The van der Waals surface area contributed by atoms with Gasteiger partial charge in [-0.25, -0.2) is 0 Å². The summed E-state index contributed by atoms with van der Waals surface area (Å²) in [5.41, 5.74) is 0.805. The zero-order valence-electron chi connectivity index (χ0n) is 13.9. The van der Waals surface area contributed by atoms with Crippen LogP contribution in [0.25, 0.3) is 0 Å². The maximum Gasteiger partial charge on any atom is 0.227 e. The van der Waals surface area contributed by atoms with E-state index in [1.807, 2.05) is 36.1 Å². The van der Waals surface area contributed by atoms with E-state index in [0.29, 0.717) is 19.0 Å². The number of nitrogens with one attached hydrogen (secondary N) is 2. The molecule has 0 saturated carbocycles. The van der Waals surface area contributed by atoms with E-state index in [0.717, 1.165) is 36.1 Å². The van der Waals surface area contributed by atoms with Gasteiger partial charge >= 0.3 is 0 Å². The highest BCUT2D eigenvalue weighted by Gasteiger charge is 2.34. The number of rotatable bonds is 4. The van der Waals surface area contributed by atoms with Gasteiger partial charge in [0.05, 0.1) is 0 Å². The minimum atomic E-state index is -0.0197. The molecule has 130 valence electrons. The van der Waals surface area contributed by atoms with Gasteiger partial charge in [-0.1, -0.05) is 28.9 Å². The molecule has 1 aromatic rings. The normalized spacial score (nSPS) is 20.3. The van der Waals surface area contributed by atoms with Crippen LogP contribution in [0.15, 0.2) is 28.7 Å². The minimum Gasteiger partial charge on any atom is -0.342 e. The van der Waals surface area contributed by atoms with E-state index in [9.17, 15) is 9.59 Å². The molecule has 1 atom stereocenters. The van der Waals surface area contributed by atoms with Gasteiger partial charge in [0, 0.05) is 35.1 Å². The molecule has 2 saturated heterocycles. The lowest BCUT2D eigenvalue weighted by atomic mass is 9.87. The van der Waals surface area contributed by atoms with Crippen molar-refractivity contribution >= 4 is 33.4 Å². The zero-order chi connectivity index (χ0) is 17.1. The number of carbonyl (C=O) groups is 2. The van der Waals surface area contributed by atoms with E-state index in [-0.39, 0.29) is 23.7 Å². The molecule has 24 heavy (non-hydrogen) atoms. The molecule has 3 rings (SSSR count). The number of nitrogens with zero attached hydrogens (tertiary/aromatic N) is 1. The van der Waals surface area contributed by atoms with Gasteiger partial charge in [-0.15, -0.1) is 0 Å². The summed E-state index contributed by atoms with van der Waals surface area (Å²) in [7, 11) is 0. The van der Waals surface area contributed by atoms with Gasteiger partial charge in [-0.2, -0.15) is 0 Å². The molecule has 2 amide bonds. The van der Waals surface area contributed by atoms with Gasteiger partial charge < -0.3 is 15.5 Å². The summed E-state index contributed by atoms with van der Waals surface area (Å²) in [5.74, 6) is 0.825. The number of benzene rings is 1. The molecular weight excluding hydrogens is 370 g/mol. The van der Waals surface area contributed by atoms with Gasteiger partial charge in [0.2, 0.25) is 11.8 Å². The standard InChI is InChI=1S/C18H24BrN3O2/c1-12(14-10-20-11-14)18(24)22-7-5-13(6-8-22)17(23)21-16-4-2-3-15(19)9-16/h2-4,9,12-14,20H,5-8,10-11H2,1H3,(H,21,23). The molecule has 1 aromatic carbocycles. The third-order valence-electron chi connectivity index (χ3n) is 5.18. The SMILES string of the molecule is CC(C(=O)N1CCC(C(=O)Nc2cccc(Br)c2)CC1)C1CNC1. The summed E-state index contributed by atoms with van der Waals surface area (Å²) >= 11 is 3.41. The Kier molecular flexibility index (Phi) is 5.56. The molecule has 0 spiro atoms. The first-order valence-electron chi connectivity index (χ1n) is 8.60. The first-order chi connectivity index (χ1) is 11.5. The lowest BCUT2D eigenvalue weighted by molar-refractivity contribution is -0.140. The molecular formula is C18H24BrN3O2. The highest BCUT2D eigenvalue weighted by atomic mass is 79.9. The van der Waals surface area contributed by atoms with Crippen LogP contribution < -0.4 is 10.6 Å². The molecule has 0 aliphatic carbocycles. The van der Waals surface area contributed by atoms with Crippen LogP contribution in [-0.2, 0) is 9.59 Å². The molecule has 2 fully saturated rings. The summed E-state index contributed by atoms with van der Waals surface area (Å²) in [4.78, 5) is 26.9. The van der Waals surface area contributed by atoms with Crippen LogP contribution >= 0.6 is 15.9 Å². The second-order valence-corrected chi connectivity index (χ2v) is 7.72. The largest absolute Gasteiger partial charge is 0.342 e. The molecule has 1 unspecified atom stereocenters. The Morgan fingerprint density at radius 3 is 2.58 bits per heavy atom. The van der Waals surface area contributed by atoms with Crippen LogP contribution in [-0.4, -0.2) is 42.9 Å². The number of hydrogen-bond donors (Lipinski definition) is 2. The van der Waals surface area contributed by atoms with Crippen LogP contribution in [0.1, 0.15) is 19.8 Å². The Morgan fingerprint density at radius 1 is 1.29 bits per heavy atom. The number of likely N-dealkylation sites (tertiary alicyclic amines) is 1. The van der Waals surface area contributed by atoms with Crippen LogP contribution in [0.3, 0.4) is 0 Å². The summed E-state index contributed by atoms with van der Waals surface area (Å²) in [6.07, 6.45) is 1.47. The Hall–Kier alpha value is -1.40. The predicted molar refractivity (Wildman–Crippen MR) is 97.6 cm³/mol. The fourth-order valence-corrected chi connectivity index (χ4v) is 3.73. The summed E-state index contributed by atoms with van der Waals surface area (Å²) in [6, 6.07) is 7.61. The smallest absolute Gasteiger partial charge is 0.227 e. The highest BCUT2D eigenvalue weighted by Crippen LogP contribution is 2.24. The zero-order valence-corrected chi connectivity index (χ0v) is 15.5. The number of anilines is 1. The Bertz CT molecular complexity index is 610. The van der Waals surface area contributed by atoms with E-state index in [1.165, 1.54) is 0 Å². The number of carbonyl (C=O) groups excluding carboxylic acids is 2. The average molecular weight is 394 g/mol. The van der Waals surface area contributed by atoms with E-state index >= 15 is 0 Å². The number of halogens is 1. The second kappa shape index (κ2) is 7.66. The van der Waals surface area contributed by atoms with Crippen LogP contribution in [0, 0.1) is 17.8 Å². The summed E-state index contributed by atoms with van der Waals surface area (Å²) in [5, 5.41) is 6.20. The molecule has 2 heterocycles. The average Bonchev–Trinajstić information content (AvgIpc) is 2.52. The molecule has 0 bridgehead atoms. The van der Waals surface area contributed by atoms with Crippen molar-refractivity contribution in [3.8, 4) is 0 Å². The minimum absolute atomic E-state index is 0.0197. The number of amides is 2. The predicted octanol–water partition coefficient (Wildman–Crippen LogP) is 2.48. The van der Waals surface area contributed by atoms with Gasteiger partial charge in [0.1, 0.15) is 0 Å². The lowest BCUT2D eigenvalue weighted by Crippen LogP contribution is -2.52. The first kappa shape index (κ1) is 17.4. The molecule has 6 heteroatoms. The maximum atomic E-state index is 12.5. The highest BCUT2D eigenvalue weighted by molar-refractivity contribution is 9.10. The van der Waals surface area contributed by atoms with Crippen LogP contribution in [0.2, 0.25) is 0 Å². The topological polar surface area (TPSA) is 61.4 Å². The Labute approximate surface area is 151 Å². The molecule has 5 nitrogen and oxygen atoms in total. The fourth-order valence-electron chi connectivity index (χ4n) is 3.33. The molecule has 0 radical (unpaired) electrons. The van der Waals surface area contributed by atoms with Crippen LogP contribution in [0.5, 0.6) is 0 Å². The third-order valence-corrected chi connectivity index (χ3v) is 5.67. The quantitative estimate of drug-likeness (QED) is 0.825. The van der Waals surface area contributed by atoms with Crippen molar-refractivity contribution in [1.29, 1.82) is 0 Å². The molecule has 2 aliphatic heterocycles. The first-order valence-corrected chi connectivity index (χ1v) is 9.40. The van der Waals surface area contributed by atoms with Gasteiger partial charge in [-0.3, -0.25) is 9.59 Å². The third kappa shape index (κ3) is 3.98. The maximum absolute atomic E-state index is 12.5. The second-order valence-electron chi connectivity index (χ2n) is 6.81. The van der Waals surface area contributed by atoms with Crippen molar-refractivity contribution in [2.45, 2.75) is 19.8 Å². The fraction of sp³-hybridized carbons (Fsp3) is 0.556. The lowest BCUT2D eigenvalue weighted by Gasteiger charge is -2.37. The Balaban J connectivity index is 1.49. The molecule has 2 aliphatic rings. The number of piperidine rings is 1. The summed E-state index contributed by atoms with van der Waals surface area (Å²) < 4.78 is 0.945. The monoisotopic (exact) mass is 393 g/mol. The summed E-state index contributed by atoms with van der Waals surface area (Å²) in [6.45, 7) is 5.27. The van der Waals surface area contributed by atoms with Crippen molar-refractivity contribution in [3.63, 3.8) is 0 Å². The van der Waals surface area contributed by atoms with Gasteiger partial charge in [-0.05, 0) is 50.0 Å². The van der Waals surface area contributed by atoms with Crippen molar-refractivity contribution < 1.29 is 9.59 Å². The van der Waals surface area contributed by atoms with E-state index in [4.69, 9.17) is 0 Å². The van der Waals surface area contributed by atoms with E-state index in [1.54, 1.807) is 0 Å². The number of hydrogen-bond acceptors (Lipinski definition) is 3. The van der Waals surface area contributed by atoms with Gasteiger partial charge in [0.25, 0.3) is 0 Å². The Morgan fingerprint density at radius 2 is 2.00 bits per heavy atom. The van der Waals surface area contributed by atoms with E-state index in [2.05, 4.69) is 26.6 Å². The molecule has 0 aromatic heterocycles. The van der Waals surface area contributed by atoms with Crippen molar-refractivity contribution in [2.75, 3.05) is 31.5 Å². The van der Waals surface area contributed by atoms with Crippen molar-refractivity contribution in [3.05, 3.63) is 28.7 Å².